The molecule has 3 rings (SSSR count). The number of carbonyl (C=O) groups excluding carboxylic acids is 1. The summed E-state index contributed by atoms with van der Waals surface area (Å²) >= 11 is 0. The maximum absolute atomic E-state index is 12.2. The highest BCUT2D eigenvalue weighted by Gasteiger charge is 2.10. The lowest BCUT2D eigenvalue weighted by Crippen LogP contribution is -2.15. The molecule has 134 valence electrons. The Kier molecular flexibility index (Phi) is 5.81. The molecule has 2 aromatic carbocycles. The smallest absolute Gasteiger partial charge is 0.230 e. The number of oxazole rings is 1. The number of rotatable bonds is 7. The highest BCUT2D eigenvalue weighted by Crippen LogP contribution is 2.18. The molecule has 0 aliphatic carbocycles. The van der Waals surface area contributed by atoms with Crippen molar-refractivity contribution in [3.8, 4) is 11.5 Å². The number of anilines is 1. The van der Waals surface area contributed by atoms with Crippen LogP contribution >= 0.6 is 0 Å². The zero-order valence-electron chi connectivity index (χ0n) is 15.1. The van der Waals surface area contributed by atoms with Gasteiger partial charge < -0.3 is 14.6 Å². The second kappa shape index (κ2) is 8.45. The molecule has 0 spiro atoms. The van der Waals surface area contributed by atoms with E-state index in [2.05, 4.69) is 29.3 Å². The van der Waals surface area contributed by atoms with Gasteiger partial charge in [0.05, 0.1) is 12.1 Å². The van der Waals surface area contributed by atoms with E-state index < -0.39 is 0 Å². The molecule has 1 amide bonds. The van der Waals surface area contributed by atoms with E-state index in [0.717, 1.165) is 24.2 Å². The summed E-state index contributed by atoms with van der Waals surface area (Å²) < 4.78 is 5.47. The molecule has 0 aliphatic heterocycles. The van der Waals surface area contributed by atoms with Gasteiger partial charge in [-0.05, 0) is 50.3 Å². The first-order valence-electron chi connectivity index (χ1n) is 8.63. The molecule has 0 fully saturated rings. The minimum Gasteiger partial charge on any atom is -0.444 e. The molecule has 0 aliphatic rings. The van der Waals surface area contributed by atoms with E-state index in [-0.39, 0.29) is 12.3 Å². The second-order valence-corrected chi connectivity index (χ2v) is 6.49. The Bertz CT molecular complexity index is 839. The summed E-state index contributed by atoms with van der Waals surface area (Å²) in [7, 11) is 4.11. The number of likely N-dealkylation sites (N-methyl/N-ethyl adjacent to an activating group) is 1. The van der Waals surface area contributed by atoms with Gasteiger partial charge in [0.15, 0.2) is 0 Å². The first kappa shape index (κ1) is 17.9. The summed E-state index contributed by atoms with van der Waals surface area (Å²) in [6, 6.07) is 17.6. The van der Waals surface area contributed by atoms with E-state index in [4.69, 9.17) is 4.42 Å². The Morgan fingerprint density at radius 2 is 1.81 bits per heavy atom. The van der Waals surface area contributed by atoms with Gasteiger partial charge >= 0.3 is 0 Å². The molecule has 0 atom stereocenters. The van der Waals surface area contributed by atoms with Crippen LogP contribution in [-0.4, -0.2) is 36.4 Å². The zero-order valence-corrected chi connectivity index (χ0v) is 15.1. The third-order valence-electron chi connectivity index (χ3n) is 4.00. The number of aromatic nitrogens is 1. The van der Waals surface area contributed by atoms with Crippen LogP contribution in [0.15, 0.2) is 65.3 Å². The number of carbonyl (C=O) groups is 1. The molecular formula is C21H23N3O2. The molecule has 1 N–H and O–H groups in total. The summed E-state index contributed by atoms with van der Waals surface area (Å²) in [6.07, 6.45) is 2.70. The van der Waals surface area contributed by atoms with Crippen molar-refractivity contribution in [3.05, 3.63) is 72.1 Å². The summed E-state index contributed by atoms with van der Waals surface area (Å²) in [5.74, 6) is 0.414. The van der Waals surface area contributed by atoms with E-state index in [0.29, 0.717) is 11.6 Å². The van der Waals surface area contributed by atoms with Crippen LogP contribution in [0.1, 0.15) is 11.3 Å². The topological polar surface area (TPSA) is 58.4 Å². The van der Waals surface area contributed by atoms with Gasteiger partial charge in [-0.1, -0.05) is 30.3 Å². The van der Waals surface area contributed by atoms with Crippen LogP contribution in [-0.2, 0) is 17.6 Å². The Balaban J connectivity index is 1.55. The summed E-state index contributed by atoms with van der Waals surface area (Å²) in [6.45, 7) is 1.00. The van der Waals surface area contributed by atoms with E-state index in [1.807, 2.05) is 54.6 Å². The van der Waals surface area contributed by atoms with Gasteiger partial charge in [-0.3, -0.25) is 4.79 Å². The number of hydrogen-bond acceptors (Lipinski definition) is 4. The Morgan fingerprint density at radius 1 is 1.08 bits per heavy atom. The number of amides is 1. The fourth-order valence-corrected chi connectivity index (χ4v) is 2.58. The van der Waals surface area contributed by atoms with E-state index in [1.165, 1.54) is 11.8 Å². The SMILES string of the molecule is CN(C)CCc1ccc(NC(=O)Cc2coc(-c3ccccc3)n2)cc1. The van der Waals surface area contributed by atoms with Crippen LogP contribution in [0.3, 0.4) is 0 Å². The average Bonchev–Trinajstić information content (AvgIpc) is 3.10. The number of nitrogens with one attached hydrogen (secondary N) is 1. The van der Waals surface area contributed by atoms with E-state index in [1.54, 1.807) is 0 Å². The standard InChI is InChI=1S/C21H23N3O2/c1-24(2)13-12-16-8-10-18(11-9-16)22-20(25)14-19-15-26-21(23-19)17-6-4-3-5-7-17/h3-11,15H,12-14H2,1-2H3,(H,22,25). The van der Waals surface area contributed by atoms with Crippen LogP contribution < -0.4 is 5.32 Å². The normalized spacial score (nSPS) is 10.9. The molecular weight excluding hydrogens is 326 g/mol. The lowest BCUT2D eigenvalue weighted by atomic mass is 10.1. The van der Waals surface area contributed by atoms with Crippen molar-refractivity contribution in [2.75, 3.05) is 26.0 Å². The molecule has 1 aromatic heterocycles. The maximum atomic E-state index is 12.2. The third kappa shape index (κ3) is 5.04. The third-order valence-corrected chi connectivity index (χ3v) is 4.00. The Morgan fingerprint density at radius 3 is 2.50 bits per heavy atom. The predicted octanol–water partition coefficient (Wildman–Crippen LogP) is 3.63. The Hall–Kier alpha value is -2.92. The van der Waals surface area contributed by atoms with Crippen molar-refractivity contribution in [2.24, 2.45) is 0 Å². The van der Waals surface area contributed by atoms with Crippen molar-refractivity contribution in [3.63, 3.8) is 0 Å². The van der Waals surface area contributed by atoms with Crippen molar-refractivity contribution in [1.29, 1.82) is 0 Å². The quantitative estimate of drug-likeness (QED) is 0.708. The van der Waals surface area contributed by atoms with E-state index >= 15 is 0 Å². The summed E-state index contributed by atoms with van der Waals surface area (Å²) in [5.41, 5.74) is 3.55. The first-order valence-corrected chi connectivity index (χ1v) is 8.63. The molecule has 0 radical (unpaired) electrons. The van der Waals surface area contributed by atoms with E-state index in [9.17, 15) is 4.79 Å². The predicted molar refractivity (Wildman–Crippen MR) is 103 cm³/mol. The molecule has 5 heteroatoms. The molecule has 0 unspecified atom stereocenters. The minimum absolute atomic E-state index is 0.112. The van der Waals surface area contributed by atoms with Crippen molar-refractivity contribution in [1.82, 2.24) is 9.88 Å². The first-order chi connectivity index (χ1) is 12.6. The second-order valence-electron chi connectivity index (χ2n) is 6.49. The van der Waals surface area contributed by atoms with Gasteiger partial charge in [-0.25, -0.2) is 4.98 Å². The maximum Gasteiger partial charge on any atom is 0.230 e. The highest BCUT2D eigenvalue weighted by molar-refractivity contribution is 5.92. The van der Waals surface area contributed by atoms with Gasteiger partial charge in [0.2, 0.25) is 11.8 Å². The highest BCUT2D eigenvalue weighted by atomic mass is 16.3. The number of benzene rings is 2. The molecule has 5 nitrogen and oxygen atoms in total. The van der Waals surface area contributed by atoms with Crippen LogP contribution in [0.2, 0.25) is 0 Å². The average molecular weight is 349 g/mol. The number of nitrogens with zero attached hydrogens (tertiary/aromatic N) is 2. The Labute approximate surface area is 153 Å². The lowest BCUT2D eigenvalue weighted by molar-refractivity contribution is -0.115. The molecule has 0 bridgehead atoms. The van der Waals surface area contributed by atoms with Gasteiger partial charge in [0.1, 0.15) is 6.26 Å². The van der Waals surface area contributed by atoms with Gasteiger partial charge in [0.25, 0.3) is 0 Å². The van der Waals surface area contributed by atoms with Gasteiger partial charge in [-0.15, -0.1) is 0 Å². The fraction of sp³-hybridized carbons (Fsp3) is 0.238. The fourth-order valence-electron chi connectivity index (χ4n) is 2.58. The molecule has 0 saturated heterocycles. The summed E-state index contributed by atoms with van der Waals surface area (Å²) in [5, 5.41) is 2.90. The summed E-state index contributed by atoms with van der Waals surface area (Å²) in [4.78, 5) is 18.8. The lowest BCUT2D eigenvalue weighted by Gasteiger charge is -2.10. The molecule has 1 heterocycles. The van der Waals surface area contributed by atoms with Crippen LogP contribution in [0.5, 0.6) is 0 Å². The van der Waals surface area contributed by atoms with Crippen molar-refractivity contribution in [2.45, 2.75) is 12.8 Å². The largest absolute Gasteiger partial charge is 0.444 e. The van der Waals surface area contributed by atoms with Gasteiger partial charge in [-0.2, -0.15) is 0 Å². The van der Waals surface area contributed by atoms with Crippen LogP contribution in [0, 0.1) is 0 Å². The van der Waals surface area contributed by atoms with Crippen LogP contribution in [0.25, 0.3) is 11.5 Å². The van der Waals surface area contributed by atoms with Gasteiger partial charge in [0, 0.05) is 17.8 Å². The number of hydrogen-bond donors (Lipinski definition) is 1. The molecule has 26 heavy (non-hydrogen) atoms. The monoisotopic (exact) mass is 349 g/mol. The molecule has 3 aromatic rings. The zero-order chi connectivity index (χ0) is 18.4. The molecule has 0 saturated carbocycles. The van der Waals surface area contributed by atoms with Crippen LogP contribution in [0.4, 0.5) is 5.69 Å². The van der Waals surface area contributed by atoms with Crippen molar-refractivity contribution >= 4 is 11.6 Å². The van der Waals surface area contributed by atoms with Crippen molar-refractivity contribution < 1.29 is 9.21 Å². The minimum atomic E-state index is -0.112.